The minimum Gasteiger partial charge on any atom is -0.447 e. The first-order valence-corrected chi connectivity index (χ1v) is 7.87. The number of imidazole rings is 1. The number of aromatic nitrogens is 2. The fourth-order valence-corrected chi connectivity index (χ4v) is 2.63. The smallest absolute Gasteiger partial charge is 0.273 e. The Balaban J connectivity index is 1.90. The van der Waals surface area contributed by atoms with Gasteiger partial charge in [-0.05, 0) is 18.7 Å². The molecule has 2 heterocycles. The van der Waals surface area contributed by atoms with Crippen LogP contribution in [0.4, 0.5) is 0 Å². The third-order valence-corrected chi connectivity index (χ3v) is 3.99. The molecular formula is C12H18N4O3S. The maximum Gasteiger partial charge on any atom is 0.273 e. The molecule has 0 aliphatic rings. The van der Waals surface area contributed by atoms with E-state index in [1.54, 1.807) is 18.5 Å². The minimum atomic E-state index is -3.60. The van der Waals surface area contributed by atoms with Gasteiger partial charge in [-0.25, -0.2) is 18.1 Å². The lowest BCUT2D eigenvalue weighted by molar-refractivity contribution is 0.401. The summed E-state index contributed by atoms with van der Waals surface area (Å²) in [5.41, 5.74) is 0. The van der Waals surface area contributed by atoms with Crippen molar-refractivity contribution in [3.05, 3.63) is 36.1 Å². The Kier molecular flexibility index (Phi) is 4.94. The zero-order valence-electron chi connectivity index (χ0n) is 11.2. The van der Waals surface area contributed by atoms with Gasteiger partial charge in [0.2, 0.25) is 5.09 Å². The van der Waals surface area contributed by atoms with Crippen LogP contribution in [0.1, 0.15) is 18.5 Å². The van der Waals surface area contributed by atoms with E-state index in [1.807, 2.05) is 6.92 Å². The van der Waals surface area contributed by atoms with Gasteiger partial charge in [0.15, 0.2) is 0 Å². The Morgan fingerprint density at radius 2 is 2.25 bits per heavy atom. The summed E-state index contributed by atoms with van der Waals surface area (Å²) in [5.74, 6) is 1.33. The van der Waals surface area contributed by atoms with Crippen molar-refractivity contribution in [2.75, 3.05) is 13.1 Å². The number of furan rings is 1. The van der Waals surface area contributed by atoms with Crippen LogP contribution < -0.4 is 10.0 Å². The van der Waals surface area contributed by atoms with E-state index in [2.05, 4.69) is 20.0 Å². The van der Waals surface area contributed by atoms with Gasteiger partial charge in [-0.2, -0.15) is 0 Å². The van der Waals surface area contributed by atoms with Gasteiger partial charge in [0.25, 0.3) is 10.0 Å². The average molecular weight is 298 g/mol. The summed E-state index contributed by atoms with van der Waals surface area (Å²) in [6.45, 7) is 3.54. The van der Waals surface area contributed by atoms with Gasteiger partial charge in [-0.1, -0.05) is 6.92 Å². The van der Waals surface area contributed by atoms with Crippen LogP contribution in [0.2, 0.25) is 0 Å². The highest BCUT2D eigenvalue weighted by Crippen LogP contribution is 2.13. The highest BCUT2D eigenvalue weighted by atomic mass is 32.2. The number of hydrogen-bond donors (Lipinski definition) is 3. The molecule has 0 aliphatic carbocycles. The summed E-state index contributed by atoms with van der Waals surface area (Å²) in [6.07, 6.45) is 3.82. The molecule has 3 N–H and O–H groups in total. The molecule has 0 atom stereocenters. The maximum absolute atomic E-state index is 12.0. The molecule has 0 unspecified atom stereocenters. The zero-order valence-corrected chi connectivity index (χ0v) is 12.0. The molecule has 0 spiro atoms. The molecule has 8 heteroatoms. The van der Waals surface area contributed by atoms with Crippen LogP contribution in [-0.2, 0) is 23.0 Å². The van der Waals surface area contributed by atoms with E-state index < -0.39 is 10.0 Å². The fourth-order valence-electron chi connectivity index (χ4n) is 1.66. The van der Waals surface area contributed by atoms with Crippen LogP contribution in [0.3, 0.4) is 0 Å². The molecular weight excluding hydrogens is 280 g/mol. The molecule has 20 heavy (non-hydrogen) atoms. The van der Waals surface area contributed by atoms with E-state index in [4.69, 9.17) is 4.42 Å². The summed E-state index contributed by atoms with van der Waals surface area (Å²) in [6, 6.07) is 3.12. The van der Waals surface area contributed by atoms with Crippen molar-refractivity contribution < 1.29 is 12.8 Å². The second-order valence-corrected chi connectivity index (χ2v) is 5.88. The van der Waals surface area contributed by atoms with Crippen molar-refractivity contribution in [2.45, 2.75) is 25.0 Å². The number of rotatable bonds is 8. The molecule has 0 aromatic carbocycles. The first-order valence-electron chi connectivity index (χ1n) is 6.39. The lowest BCUT2D eigenvalue weighted by Gasteiger charge is -2.03. The topological polar surface area (TPSA) is 100 Å². The van der Waals surface area contributed by atoms with Crippen molar-refractivity contribution in [2.24, 2.45) is 0 Å². The molecule has 0 amide bonds. The highest BCUT2D eigenvalue weighted by Gasteiger charge is 2.18. The third-order valence-electron chi connectivity index (χ3n) is 2.66. The SMILES string of the molecule is CCNCc1ccc(S(=O)(=O)NCCc2ncc[nH]2)o1. The van der Waals surface area contributed by atoms with Gasteiger partial charge in [-0.15, -0.1) is 0 Å². The summed E-state index contributed by atoms with van der Waals surface area (Å²) in [7, 11) is -3.60. The number of H-pyrrole nitrogens is 1. The average Bonchev–Trinajstić information content (AvgIpc) is 3.07. The Labute approximate surface area is 117 Å². The fraction of sp³-hybridized carbons (Fsp3) is 0.417. The molecule has 0 fully saturated rings. The molecule has 0 radical (unpaired) electrons. The van der Waals surface area contributed by atoms with E-state index in [0.29, 0.717) is 18.7 Å². The number of hydrogen-bond acceptors (Lipinski definition) is 5. The molecule has 7 nitrogen and oxygen atoms in total. The predicted octanol–water partition coefficient (Wildman–Crippen LogP) is 0.633. The molecule has 0 aliphatic heterocycles. The Morgan fingerprint density at radius 3 is 2.95 bits per heavy atom. The normalized spacial score (nSPS) is 11.8. The van der Waals surface area contributed by atoms with Crippen LogP contribution in [0.5, 0.6) is 0 Å². The number of nitrogens with one attached hydrogen (secondary N) is 3. The Hall–Kier alpha value is -1.64. The van der Waals surface area contributed by atoms with E-state index in [-0.39, 0.29) is 11.6 Å². The minimum absolute atomic E-state index is 0.0650. The number of nitrogens with zero attached hydrogens (tertiary/aromatic N) is 1. The van der Waals surface area contributed by atoms with E-state index in [1.165, 1.54) is 6.07 Å². The van der Waals surface area contributed by atoms with E-state index in [0.717, 1.165) is 12.4 Å². The van der Waals surface area contributed by atoms with Crippen molar-refractivity contribution in [3.8, 4) is 0 Å². The highest BCUT2D eigenvalue weighted by molar-refractivity contribution is 7.89. The van der Waals surface area contributed by atoms with Crippen LogP contribution in [-0.4, -0.2) is 31.5 Å². The third kappa shape index (κ3) is 3.92. The van der Waals surface area contributed by atoms with Gasteiger partial charge >= 0.3 is 0 Å². The largest absolute Gasteiger partial charge is 0.447 e. The molecule has 0 bridgehead atoms. The summed E-state index contributed by atoms with van der Waals surface area (Å²) < 4.78 is 31.8. The first-order chi connectivity index (χ1) is 9.62. The number of sulfonamides is 1. The number of aromatic amines is 1. The van der Waals surface area contributed by atoms with Gasteiger partial charge in [-0.3, -0.25) is 0 Å². The van der Waals surface area contributed by atoms with Crippen molar-refractivity contribution in [1.29, 1.82) is 0 Å². The van der Waals surface area contributed by atoms with Crippen molar-refractivity contribution in [1.82, 2.24) is 20.0 Å². The van der Waals surface area contributed by atoms with Crippen molar-refractivity contribution in [3.63, 3.8) is 0 Å². The quantitative estimate of drug-likeness (QED) is 0.664. The van der Waals surface area contributed by atoms with Crippen molar-refractivity contribution >= 4 is 10.0 Å². The molecule has 0 saturated carbocycles. The second kappa shape index (κ2) is 6.69. The van der Waals surface area contributed by atoms with Crippen LogP contribution in [0, 0.1) is 0 Å². The molecule has 2 aromatic heterocycles. The predicted molar refractivity (Wildman–Crippen MR) is 73.6 cm³/mol. The Morgan fingerprint density at radius 1 is 1.40 bits per heavy atom. The van der Waals surface area contributed by atoms with Crippen LogP contribution in [0.25, 0.3) is 0 Å². The van der Waals surface area contributed by atoms with Gasteiger partial charge < -0.3 is 14.7 Å². The maximum atomic E-state index is 12.0. The molecule has 2 rings (SSSR count). The Bertz CT molecular complexity index is 619. The van der Waals surface area contributed by atoms with E-state index >= 15 is 0 Å². The monoisotopic (exact) mass is 298 g/mol. The van der Waals surface area contributed by atoms with Gasteiger partial charge in [0.1, 0.15) is 11.6 Å². The summed E-state index contributed by atoms with van der Waals surface area (Å²) >= 11 is 0. The van der Waals surface area contributed by atoms with Crippen LogP contribution >= 0.6 is 0 Å². The first kappa shape index (κ1) is 14.8. The lowest BCUT2D eigenvalue weighted by atomic mass is 10.4. The van der Waals surface area contributed by atoms with Gasteiger partial charge in [0.05, 0.1) is 6.54 Å². The summed E-state index contributed by atoms with van der Waals surface area (Å²) in [4.78, 5) is 6.94. The standard InChI is InChI=1S/C12H18N4O3S/c1-2-13-9-10-3-4-12(19-10)20(17,18)16-6-5-11-14-7-8-15-11/h3-4,7-8,13,16H,2,5-6,9H2,1H3,(H,14,15). The summed E-state index contributed by atoms with van der Waals surface area (Å²) in [5, 5.41) is 3.00. The molecule has 110 valence electrons. The second-order valence-electron chi connectivity index (χ2n) is 4.18. The van der Waals surface area contributed by atoms with E-state index in [9.17, 15) is 8.42 Å². The molecule has 2 aromatic rings. The molecule has 0 saturated heterocycles. The zero-order chi connectivity index (χ0) is 14.4. The van der Waals surface area contributed by atoms with Gasteiger partial charge in [0, 0.05) is 25.4 Å². The lowest BCUT2D eigenvalue weighted by Crippen LogP contribution is -2.25. The van der Waals surface area contributed by atoms with Crippen LogP contribution in [0.15, 0.2) is 34.0 Å².